The molecular weight excluding hydrogens is 168 g/mol. The van der Waals surface area contributed by atoms with E-state index in [4.69, 9.17) is 0 Å². The average Bonchev–Trinajstić information content (AvgIpc) is 2.24. The number of allylic oxidation sites excluding steroid dienone is 2. The van der Waals surface area contributed by atoms with Gasteiger partial charge in [0.25, 0.3) is 0 Å². The third-order valence-corrected chi connectivity index (χ3v) is 2.63. The zero-order valence-electron chi connectivity index (χ0n) is 7.59. The lowest BCUT2D eigenvalue weighted by Gasteiger charge is -2.20. The SMILES string of the molecule is CC1=C2C(=O)OC(=O)C2(C)C=CC1. The van der Waals surface area contributed by atoms with Crippen LogP contribution in [0.4, 0.5) is 0 Å². The summed E-state index contributed by atoms with van der Waals surface area (Å²) in [7, 11) is 0. The number of rotatable bonds is 0. The molecule has 1 unspecified atom stereocenters. The molecule has 3 nitrogen and oxygen atoms in total. The van der Waals surface area contributed by atoms with Crippen LogP contribution in [0.25, 0.3) is 0 Å². The first-order valence-corrected chi connectivity index (χ1v) is 4.20. The molecule has 0 N–H and O–H groups in total. The first-order valence-electron chi connectivity index (χ1n) is 4.20. The molecule has 0 amide bonds. The second-order valence-electron chi connectivity index (χ2n) is 3.64. The van der Waals surface area contributed by atoms with Gasteiger partial charge in [-0.2, -0.15) is 0 Å². The van der Waals surface area contributed by atoms with Gasteiger partial charge in [0.05, 0.1) is 5.57 Å². The second-order valence-corrected chi connectivity index (χ2v) is 3.64. The van der Waals surface area contributed by atoms with Crippen LogP contribution in [0.15, 0.2) is 23.3 Å². The molecule has 1 saturated heterocycles. The van der Waals surface area contributed by atoms with E-state index in [2.05, 4.69) is 4.74 Å². The number of hydrogen-bond donors (Lipinski definition) is 0. The smallest absolute Gasteiger partial charge is 0.343 e. The van der Waals surface area contributed by atoms with Crippen LogP contribution < -0.4 is 0 Å². The van der Waals surface area contributed by atoms with Crippen molar-refractivity contribution in [1.82, 2.24) is 0 Å². The van der Waals surface area contributed by atoms with Gasteiger partial charge in [0.2, 0.25) is 0 Å². The summed E-state index contributed by atoms with van der Waals surface area (Å²) in [5.41, 5.74) is 0.639. The topological polar surface area (TPSA) is 43.4 Å². The van der Waals surface area contributed by atoms with Crippen molar-refractivity contribution in [1.29, 1.82) is 0 Å². The fourth-order valence-electron chi connectivity index (χ4n) is 1.90. The first kappa shape index (κ1) is 8.23. The Hall–Kier alpha value is -1.38. The van der Waals surface area contributed by atoms with Crippen molar-refractivity contribution in [3.8, 4) is 0 Å². The normalized spacial score (nSPS) is 32.2. The summed E-state index contributed by atoms with van der Waals surface area (Å²) >= 11 is 0. The van der Waals surface area contributed by atoms with Crippen LogP contribution in [-0.4, -0.2) is 11.9 Å². The molecule has 1 aliphatic heterocycles. The molecule has 1 heterocycles. The number of esters is 2. The Kier molecular flexibility index (Phi) is 1.46. The summed E-state index contributed by atoms with van der Waals surface area (Å²) in [6, 6.07) is 0. The molecule has 2 aliphatic rings. The van der Waals surface area contributed by atoms with Gasteiger partial charge >= 0.3 is 11.9 Å². The highest BCUT2D eigenvalue weighted by Crippen LogP contribution is 2.42. The predicted molar refractivity (Wildman–Crippen MR) is 45.7 cm³/mol. The lowest BCUT2D eigenvalue weighted by atomic mass is 9.77. The first-order chi connectivity index (χ1) is 6.05. The van der Waals surface area contributed by atoms with Crippen LogP contribution in [0.5, 0.6) is 0 Å². The number of carbonyl (C=O) groups excluding carboxylic acids is 2. The van der Waals surface area contributed by atoms with Crippen LogP contribution in [0.2, 0.25) is 0 Å². The maximum Gasteiger partial charge on any atom is 0.343 e. The van der Waals surface area contributed by atoms with Crippen molar-refractivity contribution in [2.45, 2.75) is 20.3 Å². The quantitative estimate of drug-likeness (QED) is 0.319. The summed E-state index contributed by atoms with van der Waals surface area (Å²) < 4.78 is 4.59. The fourth-order valence-corrected chi connectivity index (χ4v) is 1.90. The molecular formula is C10H10O3. The van der Waals surface area contributed by atoms with E-state index in [0.717, 1.165) is 12.0 Å². The van der Waals surface area contributed by atoms with Gasteiger partial charge in [-0.05, 0) is 20.3 Å². The Balaban J connectivity index is 2.62. The largest absolute Gasteiger partial charge is 0.389 e. The third-order valence-electron chi connectivity index (χ3n) is 2.63. The molecule has 0 radical (unpaired) electrons. The summed E-state index contributed by atoms with van der Waals surface area (Å²) in [6.45, 7) is 3.58. The molecule has 1 atom stereocenters. The van der Waals surface area contributed by atoms with E-state index < -0.39 is 17.4 Å². The lowest BCUT2D eigenvalue weighted by Crippen LogP contribution is -2.24. The van der Waals surface area contributed by atoms with E-state index >= 15 is 0 Å². The van der Waals surface area contributed by atoms with E-state index in [0.29, 0.717) is 5.57 Å². The van der Waals surface area contributed by atoms with Crippen LogP contribution in [-0.2, 0) is 14.3 Å². The van der Waals surface area contributed by atoms with Crippen molar-refractivity contribution in [3.63, 3.8) is 0 Å². The van der Waals surface area contributed by atoms with Crippen LogP contribution in [0.3, 0.4) is 0 Å². The highest BCUT2D eigenvalue weighted by Gasteiger charge is 2.50. The Labute approximate surface area is 76.1 Å². The highest BCUT2D eigenvalue weighted by atomic mass is 16.6. The molecule has 1 fully saturated rings. The zero-order chi connectivity index (χ0) is 9.64. The number of ether oxygens (including phenoxy) is 1. The molecule has 0 spiro atoms. The van der Waals surface area contributed by atoms with Crippen LogP contribution in [0.1, 0.15) is 20.3 Å². The van der Waals surface area contributed by atoms with Gasteiger partial charge < -0.3 is 4.74 Å². The standard InChI is InChI=1S/C10H10O3/c1-6-4-3-5-10(2)7(6)8(11)13-9(10)12/h3,5H,4H2,1-2H3. The highest BCUT2D eigenvalue weighted by molar-refractivity contribution is 6.11. The maximum absolute atomic E-state index is 11.4. The summed E-state index contributed by atoms with van der Waals surface area (Å²) in [5, 5.41) is 0. The van der Waals surface area contributed by atoms with Gasteiger partial charge in [-0.1, -0.05) is 17.7 Å². The summed E-state index contributed by atoms with van der Waals surface area (Å²) in [6.07, 6.45) is 4.38. The van der Waals surface area contributed by atoms with E-state index in [1.807, 2.05) is 13.0 Å². The maximum atomic E-state index is 11.4. The zero-order valence-corrected chi connectivity index (χ0v) is 7.59. The van der Waals surface area contributed by atoms with Gasteiger partial charge in [-0.15, -0.1) is 0 Å². The van der Waals surface area contributed by atoms with Gasteiger partial charge in [0.15, 0.2) is 0 Å². The lowest BCUT2D eigenvalue weighted by molar-refractivity contribution is -0.153. The van der Waals surface area contributed by atoms with Crippen molar-refractivity contribution in [2.75, 3.05) is 0 Å². The van der Waals surface area contributed by atoms with Crippen molar-refractivity contribution in [3.05, 3.63) is 23.3 Å². The summed E-state index contributed by atoms with van der Waals surface area (Å²) in [5.74, 6) is -0.933. The van der Waals surface area contributed by atoms with E-state index in [9.17, 15) is 9.59 Å². The minimum atomic E-state index is -0.820. The molecule has 3 heteroatoms. The Morgan fingerprint density at radius 1 is 1.46 bits per heavy atom. The molecule has 2 rings (SSSR count). The summed E-state index contributed by atoms with van der Waals surface area (Å²) in [4.78, 5) is 22.7. The van der Waals surface area contributed by atoms with E-state index in [1.165, 1.54) is 0 Å². The molecule has 0 aromatic heterocycles. The number of carbonyl (C=O) groups is 2. The minimum absolute atomic E-state index is 0.456. The van der Waals surface area contributed by atoms with Gasteiger partial charge in [0, 0.05) is 0 Å². The number of cyclic esters (lactones) is 2. The average molecular weight is 178 g/mol. The Morgan fingerprint density at radius 3 is 2.77 bits per heavy atom. The van der Waals surface area contributed by atoms with Gasteiger partial charge in [0.1, 0.15) is 5.41 Å². The van der Waals surface area contributed by atoms with Crippen molar-refractivity contribution in [2.24, 2.45) is 5.41 Å². The van der Waals surface area contributed by atoms with Gasteiger partial charge in [-0.3, -0.25) is 4.79 Å². The Bertz CT molecular complexity index is 362. The second kappa shape index (κ2) is 2.31. The fraction of sp³-hybridized carbons (Fsp3) is 0.400. The van der Waals surface area contributed by atoms with Crippen molar-refractivity contribution >= 4 is 11.9 Å². The third kappa shape index (κ3) is 0.899. The molecule has 68 valence electrons. The molecule has 0 aromatic rings. The van der Waals surface area contributed by atoms with Crippen LogP contribution in [0, 0.1) is 5.41 Å². The van der Waals surface area contributed by atoms with E-state index in [-0.39, 0.29) is 0 Å². The molecule has 0 aromatic carbocycles. The predicted octanol–water partition coefficient (Wildman–Crippen LogP) is 1.35. The number of fused-ring (bicyclic) bond motifs is 1. The number of hydrogen-bond acceptors (Lipinski definition) is 3. The molecule has 13 heavy (non-hydrogen) atoms. The minimum Gasteiger partial charge on any atom is -0.389 e. The Morgan fingerprint density at radius 2 is 2.15 bits per heavy atom. The monoisotopic (exact) mass is 178 g/mol. The molecule has 1 aliphatic carbocycles. The van der Waals surface area contributed by atoms with E-state index in [1.54, 1.807) is 13.0 Å². The molecule has 0 saturated carbocycles. The molecule has 0 bridgehead atoms. The van der Waals surface area contributed by atoms with Gasteiger partial charge in [-0.25, -0.2) is 4.79 Å². The van der Waals surface area contributed by atoms with Crippen LogP contribution >= 0.6 is 0 Å². The van der Waals surface area contributed by atoms with Crippen molar-refractivity contribution < 1.29 is 14.3 Å².